The Kier molecular flexibility index (Phi) is 5.26. The van der Waals surface area contributed by atoms with Crippen LogP contribution in [-0.4, -0.2) is 33.0 Å². The number of rotatable bonds is 4. The maximum Gasteiger partial charge on any atom is 0.250 e. The Labute approximate surface area is 199 Å². The molecule has 1 aromatic carbocycles. The van der Waals surface area contributed by atoms with Crippen molar-refractivity contribution < 1.29 is 9.50 Å². The van der Waals surface area contributed by atoms with Crippen molar-refractivity contribution in [3.05, 3.63) is 58.8 Å². The number of halogens is 1. The summed E-state index contributed by atoms with van der Waals surface area (Å²) < 4.78 is 16.4. The summed E-state index contributed by atoms with van der Waals surface area (Å²) in [6.07, 6.45) is 7.75. The van der Waals surface area contributed by atoms with Gasteiger partial charge in [-0.2, -0.15) is 0 Å². The van der Waals surface area contributed by atoms with Crippen molar-refractivity contribution in [3.63, 3.8) is 0 Å². The quantitative estimate of drug-likeness (QED) is 0.581. The van der Waals surface area contributed by atoms with Gasteiger partial charge in [0.15, 0.2) is 5.82 Å². The standard InChI is InChI=1S/C27H31FN4O2/c1-26-8-9-27(2,16-26)15-18(14-26)32(4)24-6-5-22(29-30-24)20-12-21(28)19(13-23(20)33)17-7-10-31(3)25(34)11-17/h5-7,10-13,18,33H,8-9,14-16H2,1-4H3/t18?,26-,27+. The number of aromatic nitrogens is 3. The van der Waals surface area contributed by atoms with Crippen LogP contribution in [0.4, 0.5) is 10.2 Å². The second kappa shape index (κ2) is 7.93. The van der Waals surface area contributed by atoms with Gasteiger partial charge in [-0.05, 0) is 78.8 Å². The monoisotopic (exact) mass is 462 g/mol. The average Bonchev–Trinajstić information content (AvgIpc) is 3.03. The lowest BCUT2D eigenvalue weighted by Crippen LogP contribution is -2.42. The molecule has 2 fully saturated rings. The number of anilines is 1. The van der Waals surface area contributed by atoms with Crippen LogP contribution in [0.2, 0.25) is 0 Å². The third kappa shape index (κ3) is 3.97. The number of aromatic hydroxyl groups is 1. The van der Waals surface area contributed by atoms with E-state index < -0.39 is 5.82 Å². The average molecular weight is 463 g/mol. The van der Waals surface area contributed by atoms with Crippen LogP contribution in [0.15, 0.2) is 47.4 Å². The molecule has 2 aliphatic rings. The molecular weight excluding hydrogens is 431 g/mol. The Balaban J connectivity index is 1.40. The van der Waals surface area contributed by atoms with Crippen LogP contribution in [0.1, 0.15) is 46.0 Å². The smallest absolute Gasteiger partial charge is 0.250 e. The Bertz CT molecular complexity index is 1290. The summed E-state index contributed by atoms with van der Waals surface area (Å²) in [6.45, 7) is 4.81. The third-order valence-electron chi connectivity index (χ3n) is 7.98. The molecule has 1 N–H and O–H groups in total. The largest absolute Gasteiger partial charge is 0.507 e. The van der Waals surface area contributed by atoms with Gasteiger partial charge in [0.2, 0.25) is 0 Å². The van der Waals surface area contributed by atoms with Crippen LogP contribution in [0.25, 0.3) is 22.4 Å². The van der Waals surface area contributed by atoms with E-state index in [-0.39, 0.29) is 22.4 Å². The molecule has 0 aliphatic heterocycles. The number of aryl methyl sites for hydroxylation is 1. The zero-order valence-electron chi connectivity index (χ0n) is 20.2. The molecular formula is C27H31FN4O2. The van der Waals surface area contributed by atoms with Crippen LogP contribution in [0.3, 0.4) is 0 Å². The number of fused-ring (bicyclic) bond motifs is 2. The van der Waals surface area contributed by atoms with Crippen LogP contribution >= 0.6 is 0 Å². The van der Waals surface area contributed by atoms with E-state index in [0.717, 1.165) is 18.7 Å². The van der Waals surface area contributed by atoms with Crippen molar-refractivity contribution in [2.24, 2.45) is 17.9 Å². The predicted molar refractivity (Wildman–Crippen MR) is 131 cm³/mol. The van der Waals surface area contributed by atoms with Gasteiger partial charge in [0.05, 0.1) is 5.69 Å². The molecule has 3 aromatic rings. The van der Waals surface area contributed by atoms with E-state index >= 15 is 0 Å². The Morgan fingerprint density at radius 1 is 1.06 bits per heavy atom. The molecule has 0 radical (unpaired) electrons. The maximum atomic E-state index is 15.0. The number of hydrogen-bond donors (Lipinski definition) is 1. The van der Waals surface area contributed by atoms with E-state index in [9.17, 15) is 14.3 Å². The van der Waals surface area contributed by atoms with Crippen LogP contribution < -0.4 is 10.5 Å². The Morgan fingerprint density at radius 2 is 1.76 bits per heavy atom. The molecule has 2 saturated carbocycles. The van der Waals surface area contributed by atoms with E-state index in [0.29, 0.717) is 28.1 Å². The van der Waals surface area contributed by atoms with Gasteiger partial charge in [-0.25, -0.2) is 4.39 Å². The highest BCUT2D eigenvalue weighted by atomic mass is 19.1. The van der Waals surface area contributed by atoms with Gasteiger partial charge < -0.3 is 14.6 Å². The number of hydrogen-bond acceptors (Lipinski definition) is 5. The van der Waals surface area contributed by atoms with E-state index in [1.807, 2.05) is 6.07 Å². The molecule has 34 heavy (non-hydrogen) atoms. The number of phenolic OH excluding ortho intramolecular Hbond substituents is 1. The molecule has 0 saturated heterocycles. The fourth-order valence-electron chi connectivity index (χ4n) is 6.19. The van der Waals surface area contributed by atoms with Crippen molar-refractivity contribution in [3.8, 4) is 28.1 Å². The van der Waals surface area contributed by atoms with Gasteiger partial charge in [0.25, 0.3) is 5.56 Å². The summed E-state index contributed by atoms with van der Waals surface area (Å²) >= 11 is 0. The van der Waals surface area contributed by atoms with Crippen LogP contribution in [0, 0.1) is 16.6 Å². The van der Waals surface area contributed by atoms with Gasteiger partial charge in [-0.3, -0.25) is 4.79 Å². The Hall–Kier alpha value is -3.22. The SMILES string of the molecule is CN(c1ccc(-c2cc(F)c(-c3ccn(C)c(=O)c3)cc2O)nn1)C1C[C@]2(C)CC[C@](C)(C1)C2. The van der Waals surface area contributed by atoms with Crippen molar-refractivity contribution in [1.82, 2.24) is 14.8 Å². The van der Waals surface area contributed by atoms with Gasteiger partial charge in [-0.15, -0.1) is 10.2 Å². The zero-order chi connectivity index (χ0) is 24.3. The highest BCUT2D eigenvalue weighted by Crippen LogP contribution is 2.58. The normalized spacial score (nSPS) is 26.0. The predicted octanol–water partition coefficient (Wildman–Crippen LogP) is 5.15. The first-order chi connectivity index (χ1) is 16.1. The molecule has 7 heteroatoms. The molecule has 2 bridgehead atoms. The number of phenols is 1. The van der Waals surface area contributed by atoms with E-state index in [1.165, 1.54) is 42.0 Å². The molecule has 2 aromatic heterocycles. The Morgan fingerprint density at radius 3 is 2.38 bits per heavy atom. The summed E-state index contributed by atoms with van der Waals surface area (Å²) in [7, 11) is 3.70. The van der Waals surface area contributed by atoms with Crippen molar-refractivity contribution in [1.29, 1.82) is 0 Å². The number of nitrogens with zero attached hydrogens (tertiary/aromatic N) is 4. The summed E-state index contributed by atoms with van der Waals surface area (Å²) in [5.74, 6) is 0.124. The first-order valence-corrected chi connectivity index (χ1v) is 11.8. The zero-order valence-corrected chi connectivity index (χ0v) is 20.2. The first-order valence-electron chi connectivity index (χ1n) is 11.8. The van der Waals surface area contributed by atoms with Crippen molar-refractivity contribution in [2.45, 2.75) is 52.0 Å². The summed E-state index contributed by atoms with van der Waals surface area (Å²) in [5.41, 5.74) is 1.78. The van der Waals surface area contributed by atoms with Crippen molar-refractivity contribution in [2.75, 3.05) is 11.9 Å². The van der Waals surface area contributed by atoms with E-state index in [4.69, 9.17) is 0 Å². The molecule has 178 valence electrons. The lowest BCUT2D eigenvalue weighted by atomic mass is 9.68. The molecule has 3 atom stereocenters. The highest BCUT2D eigenvalue weighted by molar-refractivity contribution is 5.74. The molecule has 6 nitrogen and oxygen atoms in total. The van der Waals surface area contributed by atoms with Gasteiger partial charge in [0.1, 0.15) is 11.6 Å². The summed E-state index contributed by atoms with van der Waals surface area (Å²) in [4.78, 5) is 14.1. The highest BCUT2D eigenvalue weighted by Gasteiger charge is 2.50. The fraction of sp³-hybridized carbons (Fsp3) is 0.444. The van der Waals surface area contributed by atoms with Gasteiger partial charge >= 0.3 is 0 Å². The minimum atomic E-state index is -0.539. The second-order valence-corrected chi connectivity index (χ2v) is 11.0. The number of benzene rings is 1. The molecule has 0 spiro atoms. The summed E-state index contributed by atoms with van der Waals surface area (Å²) in [5, 5.41) is 19.4. The fourth-order valence-corrected chi connectivity index (χ4v) is 6.19. The van der Waals surface area contributed by atoms with Gasteiger partial charge in [0, 0.05) is 43.5 Å². The summed E-state index contributed by atoms with van der Waals surface area (Å²) in [6, 6.07) is 9.63. The minimum absolute atomic E-state index is 0.114. The lowest BCUT2D eigenvalue weighted by molar-refractivity contribution is 0.148. The first kappa shape index (κ1) is 22.6. The third-order valence-corrected chi connectivity index (χ3v) is 7.98. The molecule has 0 amide bonds. The minimum Gasteiger partial charge on any atom is -0.507 e. The van der Waals surface area contributed by atoms with Crippen LogP contribution in [-0.2, 0) is 7.05 Å². The topological polar surface area (TPSA) is 71.2 Å². The van der Waals surface area contributed by atoms with Crippen molar-refractivity contribution >= 4 is 5.82 Å². The molecule has 5 rings (SSSR count). The maximum absolute atomic E-state index is 15.0. The number of pyridine rings is 1. The van der Waals surface area contributed by atoms with Gasteiger partial charge in [-0.1, -0.05) is 13.8 Å². The lowest BCUT2D eigenvalue weighted by Gasteiger charge is -2.44. The van der Waals surface area contributed by atoms with E-state index in [1.54, 1.807) is 25.4 Å². The second-order valence-electron chi connectivity index (χ2n) is 11.0. The molecule has 2 heterocycles. The van der Waals surface area contributed by atoms with E-state index in [2.05, 4.69) is 36.0 Å². The van der Waals surface area contributed by atoms with Crippen LogP contribution in [0.5, 0.6) is 5.75 Å². The molecule has 2 aliphatic carbocycles. The molecule has 1 unspecified atom stereocenters.